The fourth-order valence-electron chi connectivity index (χ4n) is 5.00. The lowest BCUT2D eigenvalue weighted by Gasteiger charge is -2.32. The van der Waals surface area contributed by atoms with Crippen LogP contribution in [0, 0.1) is 11.7 Å². The third kappa shape index (κ3) is 5.49. The van der Waals surface area contributed by atoms with Crippen LogP contribution in [0.2, 0.25) is 0 Å². The van der Waals surface area contributed by atoms with Crippen LogP contribution in [0.4, 0.5) is 10.3 Å². The summed E-state index contributed by atoms with van der Waals surface area (Å²) in [7, 11) is 1.41. The van der Waals surface area contributed by atoms with Gasteiger partial charge in [-0.2, -0.15) is 0 Å². The van der Waals surface area contributed by atoms with Gasteiger partial charge in [0.2, 0.25) is 11.9 Å². The van der Waals surface area contributed by atoms with Gasteiger partial charge in [0.05, 0.1) is 19.2 Å². The number of anilines is 1. The molecule has 1 aromatic heterocycles. The average molecular weight is 455 g/mol. The average Bonchev–Trinajstić information content (AvgIpc) is 2.85. The minimum atomic E-state index is -0.484. The lowest BCUT2D eigenvalue weighted by Crippen LogP contribution is -2.37. The Balaban J connectivity index is 1.52. The van der Waals surface area contributed by atoms with Crippen LogP contribution in [-0.2, 0) is 14.3 Å². The van der Waals surface area contributed by atoms with Gasteiger partial charge in [-0.15, -0.1) is 0 Å². The van der Waals surface area contributed by atoms with Gasteiger partial charge in [0, 0.05) is 37.5 Å². The Morgan fingerprint density at radius 3 is 2.85 bits per heavy atom. The molecule has 2 fully saturated rings. The van der Waals surface area contributed by atoms with Gasteiger partial charge < -0.3 is 15.0 Å². The fraction of sp³-hybridized carbons (Fsp3) is 0.520. The molecule has 33 heavy (non-hydrogen) atoms. The van der Waals surface area contributed by atoms with Crippen LogP contribution in [0.25, 0.3) is 11.3 Å². The van der Waals surface area contributed by atoms with Crippen molar-refractivity contribution in [3.63, 3.8) is 0 Å². The number of ether oxygens (including phenoxy) is 1. The Kier molecular flexibility index (Phi) is 7.20. The molecule has 7 nitrogen and oxygen atoms in total. The zero-order valence-electron chi connectivity index (χ0n) is 19.2. The minimum Gasteiger partial charge on any atom is -0.469 e. The molecule has 2 aliphatic rings. The molecule has 0 bridgehead atoms. The number of amides is 1. The van der Waals surface area contributed by atoms with Gasteiger partial charge in [0.25, 0.3) is 0 Å². The smallest absolute Gasteiger partial charge is 0.308 e. The number of benzene rings is 1. The molecule has 1 saturated heterocycles. The van der Waals surface area contributed by atoms with Crippen LogP contribution in [0.1, 0.15) is 56.9 Å². The van der Waals surface area contributed by atoms with E-state index in [2.05, 4.69) is 15.3 Å². The quantitative estimate of drug-likeness (QED) is 0.683. The van der Waals surface area contributed by atoms with E-state index in [4.69, 9.17) is 4.74 Å². The first-order valence-corrected chi connectivity index (χ1v) is 11.7. The Labute approximate surface area is 193 Å². The molecule has 3 atom stereocenters. The highest BCUT2D eigenvalue weighted by atomic mass is 19.1. The second kappa shape index (κ2) is 10.3. The van der Waals surface area contributed by atoms with Gasteiger partial charge >= 0.3 is 5.97 Å². The zero-order valence-corrected chi connectivity index (χ0v) is 19.2. The Hall–Kier alpha value is -3.03. The van der Waals surface area contributed by atoms with Crippen molar-refractivity contribution in [1.82, 2.24) is 14.9 Å². The minimum absolute atomic E-state index is 0.0345. The highest BCUT2D eigenvalue weighted by Crippen LogP contribution is 2.31. The van der Waals surface area contributed by atoms with E-state index in [1.807, 2.05) is 29.2 Å². The summed E-state index contributed by atoms with van der Waals surface area (Å²) in [5.41, 5.74) is 2.01. The predicted molar refractivity (Wildman–Crippen MR) is 123 cm³/mol. The number of carbonyl (C=O) groups excluding carboxylic acids is 2. The molecular weight excluding hydrogens is 423 g/mol. The summed E-state index contributed by atoms with van der Waals surface area (Å²) in [5.74, 6) is -0.142. The number of nitrogens with one attached hydrogen (secondary N) is 1. The molecule has 1 aliphatic heterocycles. The third-order valence-electron chi connectivity index (χ3n) is 6.78. The number of methoxy groups -OCH3 is 1. The number of piperidine rings is 1. The van der Waals surface area contributed by atoms with Crippen molar-refractivity contribution in [2.75, 3.05) is 25.5 Å². The summed E-state index contributed by atoms with van der Waals surface area (Å²) in [6.45, 7) is 3.07. The first kappa shape index (κ1) is 23.1. The van der Waals surface area contributed by atoms with Gasteiger partial charge in [-0.25, -0.2) is 14.4 Å². The monoisotopic (exact) mass is 454 g/mol. The van der Waals surface area contributed by atoms with Crippen molar-refractivity contribution < 1.29 is 18.7 Å². The number of rotatable bonds is 5. The maximum atomic E-state index is 14.7. The van der Waals surface area contributed by atoms with E-state index in [1.165, 1.54) is 13.3 Å². The maximum Gasteiger partial charge on any atom is 0.308 e. The van der Waals surface area contributed by atoms with Crippen LogP contribution in [0.5, 0.6) is 0 Å². The molecule has 0 spiro atoms. The number of likely N-dealkylation sites (tertiary alicyclic amines) is 1. The van der Waals surface area contributed by atoms with E-state index in [0.29, 0.717) is 24.5 Å². The van der Waals surface area contributed by atoms with Crippen molar-refractivity contribution >= 4 is 17.8 Å². The molecule has 1 aliphatic carbocycles. The molecule has 4 rings (SSSR count). The molecule has 2 heterocycles. The van der Waals surface area contributed by atoms with Gasteiger partial charge in [-0.3, -0.25) is 9.59 Å². The van der Waals surface area contributed by atoms with E-state index >= 15 is 0 Å². The van der Waals surface area contributed by atoms with E-state index in [9.17, 15) is 14.0 Å². The summed E-state index contributed by atoms with van der Waals surface area (Å²) >= 11 is 0. The number of aromatic nitrogens is 2. The van der Waals surface area contributed by atoms with Crippen LogP contribution in [-0.4, -0.2) is 53.0 Å². The molecule has 2 aromatic rings. The van der Waals surface area contributed by atoms with E-state index in [-0.39, 0.29) is 35.4 Å². The van der Waals surface area contributed by atoms with Crippen molar-refractivity contribution in [3.05, 3.63) is 41.8 Å². The number of nitrogens with zero attached hydrogens (tertiary/aromatic N) is 3. The highest BCUT2D eigenvalue weighted by molar-refractivity contribution is 5.73. The summed E-state index contributed by atoms with van der Waals surface area (Å²) in [4.78, 5) is 34.2. The summed E-state index contributed by atoms with van der Waals surface area (Å²) in [6, 6.07) is 7.79. The molecule has 1 aromatic carbocycles. The lowest BCUT2D eigenvalue weighted by atomic mass is 9.86. The van der Waals surface area contributed by atoms with Gasteiger partial charge in [-0.05, 0) is 43.7 Å². The van der Waals surface area contributed by atoms with E-state index in [0.717, 1.165) is 44.2 Å². The number of carbonyl (C=O) groups is 2. The number of hydrogen-bond donors (Lipinski definition) is 1. The van der Waals surface area contributed by atoms with Crippen molar-refractivity contribution in [3.8, 4) is 11.3 Å². The standard InChI is InChI=1S/C25H31FN4O3/c1-16(31)30-11-5-9-20(15-30)17-6-3-7-18(12-17)23-22(26)14-27-25(29-23)28-21-10-4-8-19(13-21)24(32)33-2/h3,6-7,12,14,19-21H,4-5,8-11,13,15H2,1-2H3,(H,27,28,29)/t19-,20?,21+/m0/s1. The number of esters is 1. The first-order chi connectivity index (χ1) is 15.9. The van der Waals surface area contributed by atoms with E-state index < -0.39 is 5.82 Å². The number of halogens is 1. The van der Waals surface area contributed by atoms with Crippen molar-refractivity contribution in [1.29, 1.82) is 0 Å². The van der Waals surface area contributed by atoms with Crippen LogP contribution in [0.3, 0.4) is 0 Å². The summed E-state index contributed by atoms with van der Waals surface area (Å²) in [5, 5.41) is 3.28. The summed E-state index contributed by atoms with van der Waals surface area (Å²) in [6.07, 6.45) is 6.41. The Morgan fingerprint density at radius 2 is 2.06 bits per heavy atom. The maximum absolute atomic E-state index is 14.7. The third-order valence-corrected chi connectivity index (χ3v) is 6.78. The van der Waals surface area contributed by atoms with Crippen LogP contribution >= 0.6 is 0 Å². The van der Waals surface area contributed by atoms with Crippen molar-refractivity contribution in [2.45, 2.75) is 57.4 Å². The molecule has 176 valence electrons. The van der Waals surface area contributed by atoms with Crippen LogP contribution in [0.15, 0.2) is 30.5 Å². The normalized spacial score (nSPS) is 23.1. The second-order valence-corrected chi connectivity index (χ2v) is 9.05. The fourth-order valence-corrected chi connectivity index (χ4v) is 5.00. The van der Waals surface area contributed by atoms with Crippen molar-refractivity contribution in [2.24, 2.45) is 5.92 Å². The zero-order chi connectivity index (χ0) is 23.4. The molecule has 1 unspecified atom stereocenters. The molecule has 1 N–H and O–H groups in total. The predicted octanol–water partition coefficient (Wildman–Crippen LogP) is 4.15. The topological polar surface area (TPSA) is 84.4 Å². The Morgan fingerprint density at radius 1 is 1.21 bits per heavy atom. The summed E-state index contributed by atoms with van der Waals surface area (Å²) < 4.78 is 19.6. The SMILES string of the molecule is COC(=O)[C@H]1CCC[C@@H](Nc2ncc(F)c(-c3cccc(C4CCCN(C(C)=O)C4)c3)n2)C1. The molecule has 8 heteroatoms. The Bertz CT molecular complexity index is 1010. The highest BCUT2D eigenvalue weighted by Gasteiger charge is 2.28. The van der Waals surface area contributed by atoms with Crippen LogP contribution < -0.4 is 5.32 Å². The first-order valence-electron chi connectivity index (χ1n) is 11.7. The molecular formula is C25H31FN4O3. The largest absolute Gasteiger partial charge is 0.469 e. The second-order valence-electron chi connectivity index (χ2n) is 9.05. The number of hydrogen-bond acceptors (Lipinski definition) is 6. The van der Waals surface area contributed by atoms with E-state index in [1.54, 1.807) is 6.92 Å². The van der Waals surface area contributed by atoms with Gasteiger partial charge in [0.1, 0.15) is 5.69 Å². The molecule has 0 radical (unpaired) electrons. The van der Waals surface area contributed by atoms with Gasteiger partial charge in [0.15, 0.2) is 5.82 Å². The molecule has 1 amide bonds. The van der Waals surface area contributed by atoms with Gasteiger partial charge in [-0.1, -0.05) is 24.6 Å². The lowest BCUT2D eigenvalue weighted by molar-refractivity contribution is -0.146. The molecule has 1 saturated carbocycles.